The molecule has 0 aliphatic rings. The van der Waals surface area contributed by atoms with Crippen LogP contribution >= 0.6 is 0 Å². The van der Waals surface area contributed by atoms with Gasteiger partial charge >= 0.3 is 5.97 Å². The van der Waals surface area contributed by atoms with E-state index >= 15 is 0 Å². The Labute approximate surface area is 170 Å². The lowest BCUT2D eigenvalue weighted by Crippen LogP contribution is -2.45. The van der Waals surface area contributed by atoms with Crippen LogP contribution in [0.4, 0.5) is 0 Å². The number of hydrogen-bond donors (Lipinski definition) is 1. The van der Waals surface area contributed by atoms with Gasteiger partial charge < -0.3 is 9.84 Å². The van der Waals surface area contributed by atoms with Crippen LogP contribution in [-0.4, -0.2) is 57.4 Å². The number of sulfonamides is 1. The maximum Gasteiger partial charge on any atom is 0.322 e. The van der Waals surface area contributed by atoms with Crippen LogP contribution in [0.25, 0.3) is 0 Å². The van der Waals surface area contributed by atoms with E-state index in [1.165, 1.54) is 31.4 Å². The van der Waals surface area contributed by atoms with Gasteiger partial charge in [-0.3, -0.25) is 4.79 Å². The van der Waals surface area contributed by atoms with Crippen molar-refractivity contribution in [1.82, 2.24) is 4.31 Å². The second kappa shape index (κ2) is 9.38. The van der Waals surface area contributed by atoms with Gasteiger partial charge in [0, 0.05) is 12.8 Å². The summed E-state index contributed by atoms with van der Waals surface area (Å²) in [6.07, 6.45) is 0.613. The smallest absolute Gasteiger partial charge is 0.322 e. The molecule has 0 amide bonds. The van der Waals surface area contributed by atoms with Gasteiger partial charge in [-0.1, -0.05) is 30.3 Å². The minimum Gasteiger partial charge on any atom is -0.497 e. The lowest BCUT2D eigenvalue weighted by molar-refractivity contribution is -0.141. The minimum atomic E-state index is -4.23. The summed E-state index contributed by atoms with van der Waals surface area (Å²) in [7, 11) is -6.27. The molecule has 1 atom stereocenters. The molecule has 0 spiro atoms. The number of carboxylic acid groups (broad SMARTS) is 1. The van der Waals surface area contributed by atoms with Crippen molar-refractivity contribution in [3.05, 3.63) is 60.2 Å². The van der Waals surface area contributed by atoms with Crippen LogP contribution in [0.15, 0.2) is 59.5 Å². The minimum absolute atomic E-state index is 0.111. The van der Waals surface area contributed by atoms with E-state index in [2.05, 4.69) is 0 Å². The first-order valence-electron chi connectivity index (χ1n) is 8.65. The summed E-state index contributed by atoms with van der Waals surface area (Å²) in [5.74, 6) is -1.42. The molecule has 0 fully saturated rings. The van der Waals surface area contributed by atoms with E-state index in [4.69, 9.17) is 4.74 Å². The number of carboxylic acids is 1. The largest absolute Gasteiger partial charge is 0.497 e. The van der Waals surface area contributed by atoms with Crippen LogP contribution in [-0.2, 0) is 31.2 Å². The van der Waals surface area contributed by atoms with Crippen molar-refractivity contribution >= 4 is 25.8 Å². The number of hydrogen-bond acceptors (Lipinski definition) is 6. The zero-order valence-corrected chi connectivity index (χ0v) is 17.7. The average molecular weight is 442 g/mol. The topological polar surface area (TPSA) is 118 Å². The quantitative estimate of drug-likeness (QED) is 0.597. The zero-order valence-electron chi connectivity index (χ0n) is 16.1. The highest BCUT2D eigenvalue weighted by Crippen LogP contribution is 2.25. The van der Waals surface area contributed by atoms with Crippen molar-refractivity contribution in [2.75, 3.05) is 19.1 Å². The Morgan fingerprint density at radius 3 is 2.10 bits per heavy atom. The summed E-state index contributed by atoms with van der Waals surface area (Å²) < 4.78 is 55.5. The molecule has 10 heteroatoms. The van der Waals surface area contributed by atoms with Crippen molar-refractivity contribution in [2.45, 2.75) is 23.9 Å². The third-order valence-electron chi connectivity index (χ3n) is 4.24. The lowest BCUT2D eigenvalue weighted by atomic mass is 10.2. The van der Waals surface area contributed by atoms with Crippen LogP contribution in [0.5, 0.6) is 5.75 Å². The van der Waals surface area contributed by atoms with Crippen molar-refractivity contribution in [1.29, 1.82) is 0 Å². The van der Waals surface area contributed by atoms with Crippen LogP contribution in [0.3, 0.4) is 0 Å². The zero-order chi connectivity index (χ0) is 21.7. The maximum atomic E-state index is 13.3. The van der Waals surface area contributed by atoms with Gasteiger partial charge in [0.25, 0.3) is 0 Å². The molecule has 1 N–H and O–H groups in total. The number of benzene rings is 2. The second-order valence-corrected chi connectivity index (χ2v) is 10.6. The number of rotatable bonds is 10. The molecule has 0 aliphatic carbocycles. The molecule has 0 saturated heterocycles. The van der Waals surface area contributed by atoms with E-state index in [1.807, 2.05) is 0 Å². The summed E-state index contributed by atoms with van der Waals surface area (Å²) in [6, 6.07) is 12.5. The molecule has 2 rings (SSSR count). The summed E-state index contributed by atoms with van der Waals surface area (Å²) in [5, 5.41) is 9.69. The van der Waals surface area contributed by atoms with E-state index in [0.29, 0.717) is 11.3 Å². The highest BCUT2D eigenvalue weighted by atomic mass is 32.2. The Bertz CT molecular complexity index is 1030. The molecule has 2 aromatic carbocycles. The van der Waals surface area contributed by atoms with Crippen LogP contribution < -0.4 is 4.74 Å². The summed E-state index contributed by atoms with van der Waals surface area (Å²) in [5.41, 5.74) is 0.579. The van der Waals surface area contributed by atoms with Crippen molar-refractivity contribution in [2.24, 2.45) is 0 Å². The third-order valence-corrected chi connectivity index (χ3v) is 7.09. The van der Waals surface area contributed by atoms with Crippen molar-refractivity contribution < 1.29 is 31.5 Å². The van der Waals surface area contributed by atoms with E-state index in [1.54, 1.807) is 30.3 Å². The Morgan fingerprint density at radius 1 is 1.03 bits per heavy atom. The van der Waals surface area contributed by atoms with Gasteiger partial charge in [-0.25, -0.2) is 16.8 Å². The molecule has 158 valence electrons. The van der Waals surface area contributed by atoms with Gasteiger partial charge in [0.05, 0.1) is 17.8 Å². The fraction of sp³-hybridized carbons (Fsp3) is 0.316. The Balaban J connectivity index is 2.50. The Kier molecular flexibility index (Phi) is 7.39. The molecule has 0 saturated carbocycles. The maximum absolute atomic E-state index is 13.3. The highest BCUT2D eigenvalue weighted by Gasteiger charge is 2.36. The Hall–Kier alpha value is -2.43. The first kappa shape index (κ1) is 22.9. The van der Waals surface area contributed by atoms with Crippen molar-refractivity contribution in [3.63, 3.8) is 0 Å². The number of methoxy groups -OCH3 is 1. The monoisotopic (exact) mass is 441 g/mol. The van der Waals surface area contributed by atoms with Crippen LogP contribution in [0.2, 0.25) is 0 Å². The highest BCUT2D eigenvalue weighted by molar-refractivity contribution is 7.90. The Morgan fingerprint density at radius 2 is 1.62 bits per heavy atom. The molecule has 0 bridgehead atoms. The summed E-state index contributed by atoms with van der Waals surface area (Å²) in [6.45, 7) is -0.212. The molecule has 29 heavy (non-hydrogen) atoms. The van der Waals surface area contributed by atoms with Crippen LogP contribution in [0.1, 0.15) is 12.0 Å². The molecule has 0 radical (unpaired) electrons. The number of carbonyl (C=O) groups is 1. The molecule has 0 aromatic heterocycles. The molecule has 0 aliphatic heterocycles. The van der Waals surface area contributed by atoms with Gasteiger partial charge in [0.2, 0.25) is 10.0 Å². The predicted octanol–water partition coefficient (Wildman–Crippen LogP) is 1.77. The van der Waals surface area contributed by atoms with Gasteiger partial charge in [-0.2, -0.15) is 4.31 Å². The van der Waals surface area contributed by atoms with Gasteiger partial charge in [-0.05, 0) is 36.2 Å². The van der Waals surface area contributed by atoms with Gasteiger partial charge in [0.15, 0.2) is 0 Å². The molecular weight excluding hydrogens is 418 g/mol. The lowest BCUT2D eigenvalue weighted by Gasteiger charge is -2.28. The van der Waals surface area contributed by atoms with Gasteiger partial charge in [0.1, 0.15) is 21.6 Å². The predicted molar refractivity (Wildman–Crippen MR) is 108 cm³/mol. The van der Waals surface area contributed by atoms with E-state index < -0.39 is 37.6 Å². The molecular formula is C19H23NO7S2. The fourth-order valence-corrected chi connectivity index (χ4v) is 4.98. The number of ether oxygens (including phenoxy) is 1. The fourth-order valence-electron chi connectivity index (χ4n) is 2.73. The molecule has 0 heterocycles. The van der Waals surface area contributed by atoms with Crippen LogP contribution in [0, 0.1) is 0 Å². The average Bonchev–Trinajstić information content (AvgIpc) is 2.67. The first-order chi connectivity index (χ1) is 13.5. The number of nitrogens with zero attached hydrogens (tertiary/aromatic N) is 1. The van der Waals surface area contributed by atoms with E-state index in [9.17, 15) is 26.7 Å². The molecule has 8 nitrogen and oxygen atoms in total. The molecule has 0 unspecified atom stereocenters. The SMILES string of the molecule is COc1ccc(S(=O)(=O)N(Cc2ccccc2)[C@H](CCS(C)(=O)=O)C(=O)O)cc1. The number of aliphatic carboxylic acids is 1. The molecule has 2 aromatic rings. The second-order valence-electron chi connectivity index (χ2n) is 6.48. The van der Waals surface area contributed by atoms with Crippen molar-refractivity contribution in [3.8, 4) is 5.75 Å². The standard InChI is InChI=1S/C19H23NO7S2/c1-27-16-8-10-17(11-9-16)29(25,26)20(14-15-6-4-3-5-7-15)18(19(21)22)12-13-28(2,23)24/h3-11,18H,12-14H2,1-2H3,(H,21,22)/t18-/m1/s1. The summed E-state index contributed by atoms with van der Waals surface area (Å²) in [4.78, 5) is 11.8. The number of sulfone groups is 1. The van der Waals surface area contributed by atoms with E-state index in [0.717, 1.165) is 10.6 Å². The normalized spacial score (nSPS) is 13.2. The van der Waals surface area contributed by atoms with Gasteiger partial charge in [-0.15, -0.1) is 0 Å². The third kappa shape index (κ3) is 6.28. The summed E-state index contributed by atoms with van der Waals surface area (Å²) >= 11 is 0. The first-order valence-corrected chi connectivity index (χ1v) is 12.1. The van der Waals surface area contributed by atoms with E-state index in [-0.39, 0.29) is 17.9 Å².